The number of fused-ring (bicyclic) bond motifs is 1. The molecule has 3 rings (SSSR count). The summed E-state index contributed by atoms with van der Waals surface area (Å²) < 4.78 is 6.74. The van der Waals surface area contributed by atoms with Crippen molar-refractivity contribution in [2.24, 2.45) is 18.5 Å². The molecule has 1 aromatic carbocycles. The zero-order valence-corrected chi connectivity index (χ0v) is 15.8. The van der Waals surface area contributed by atoms with E-state index >= 15 is 0 Å². The molecule has 10 heteroatoms. The van der Waals surface area contributed by atoms with Gasteiger partial charge in [0.2, 0.25) is 5.95 Å². The van der Waals surface area contributed by atoms with Gasteiger partial charge in [0.15, 0.2) is 0 Å². The summed E-state index contributed by atoms with van der Waals surface area (Å²) >= 11 is 0. The minimum atomic E-state index is -0.621. The Kier molecular flexibility index (Phi) is 6.02. The molecule has 0 aliphatic rings. The summed E-state index contributed by atoms with van der Waals surface area (Å²) in [5, 5.41) is 11.5. The fraction of sp³-hybridized carbons (Fsp3) is 0.333. The summed E-state index contributed by atoms with van der Waals surface area (Å²) in [5.74, 6) is 0.0368. The Morgan fingerprint density at radius 3 is 2.96 bits per heavy atom. The van der Waals surface area contributed by atoms with Crippen molar-refractivity contribution in [2.75, 3.05) is 30.9 Å². The molecule has 0 bridgehead atoms. The first-order valence-electron chi connectivity index (χ1n) is 8.82. The van der Waals surface area contributed by atoms with Gasteiger partial charge in [-0.1, -0.05) is 6.07 Å². The van der Waals surface area contributed by atoms with E-state index in [2.05, 4.69) is 25.7 Å². The maximum absolute atomic E-state index is 11.8. The summed E-state index contributed by atoms with van der Waals surface area (Å²) in [4.78, 5) is 20.4. The Bertz CT molecular complexity index is 971. The van der Waals surface area contributed by atoms with Crippen LogP contribution in [0.5, 0.6) is 0 Å². The Balaban J connectivity index is 1.84. The van der Waals surface area contributed by atoms with Gasteiger partial charge in [0.25, 0.3) is 5.91 Å². The second-order valence-corrected chi connectivity index (χ2v) is 6.41. The van der Waals surface area contributed by atoms with Crippen LogP contribution in [0, 0.1) is 0 Å². The van der Waals surface area contributed by atoms with Crippen molar-refractivity contribution in [3.8, 4) is 0 Å². The number of methoxy groups -OCH3 is 1. The molecule has 0 radical (unpaired) electrons. The molecule has 0 aliphatic heterocycles. The fourth-order valence-corrected chi connectivity index (χ4v) is 2.73. The number of rotatable bonds is 9. The van der Waals surface area contributed by atoms with E-state index < -0.39 is 5.91 Å². The van der Waals surface area contributed by atoms with Crippen LogP contribution in [0.2, 0.25) is 0 Å². The zero-order valence-electron chi connectivity index (χ0n) is 15.8. The van der Waals surface area contributed by atoms with Gasteiger partial charge in [-0.25, -0.2) is 4.98 Å². The number of ether oxygens (including phenoxy) is 1. The van der Waals surface area contributed by atoms with E-state index in [1.165, 1.54) is 6.20 Å². The lowest BCUT2D eigenvalue weighted by Gasteiger charge is -2.14. The van der Waals surface area contributed by atoms with E-state index in [-0.39, 0.29) is 11.6 Å². The third-order valence-corrected chi connectivity index (χ3v) is 4.19. The molecule has 1 amide bonds. The Hall–Kier alpha value is -3.24. The molecule has 0 spiro atoms. The van der Waals surface area contributed by atoms with Gasteiger partial charge >= 0.3 is 0 Å². The first-order chi connectivity index (χ1) is 13.5. The van der Waals surface area contributed by atoms with Crippen molar-refractivity contribution in [2.45, 2.75) is 12.5 Å². The standard InChI is InChI=1S/C18H24N8O2/c1-26-10-13-14(4-3-5-15(13)25-26)23-17-12(16(20)27)9-22-18(24-17)21-8-11(19)6-7-28-2/h3-5,9-11H,6-8,19H2,1-2H3,(H2,20,27)(H2,21,22,23,24). The van der Waals surface area contributed by atoms with Crippen LogP contribution in [0.3, 0.4) is 0 Å². The summed E-state index contributed by atoms with van der Waals surface area (Å²) in [5.41, 5.74) is 13.3. The van der Waals surface area contributed by atoms with Crippen molar-refractivity contribution in [3.05, 3.63) is 36.2 Å². The number of nitrogens with one attached hydrogen (secondary N) is 2. The van der Waals surface area contributed by atoms with Crippen LogP contribution in [0.4, 0.5) is 17.5 Å². The van der Waals surface area contributed by atoms with Gasteiger partial charge < -0.3 is 26.8 Å². The molecule has 0 fully saturated rings. The predicted octanol–water partition coefficient (Wildman–Crippen LogP) is 0.982. The molecule has 10 nitrogen and oxygen atoms in total. The van der Waals surface area contributed by atoms with Crippen molar-refractivity contribution >= 4 is 34.3 Å². The number of primary amides is 1. The topological polar surface area (TPSA) is 146 Å². The summed E-state index contributed by atoms with van der Waals surface area (Å²) in [6.45, 7) is 1.04. The monoisotopic (exact) mass is 384 g/mol. The Morgan fingerprint density at radius 1 is 1.39 bits per heavy atom. The highest BCUT2D eigenvalue weighted by Gasteiger charge is 2.15. The van der Waals surface area contributed by atoms with Crippen LogP contribution in [0.1, 0.15) is 16.8 Å². The second-order valence-electron chi connectivity index (χ2n) is 6.41. The van der Waals surface area contributed by atoms with Gasteiger partial charge in [0.1, 0.15) is 11.4 Å². The summed E-state index contributed by atoms with van der Waals surface area (Å²) in [6.07, 6.45) is 3.98. The van der Waals surface area contributed by atoms with Crippen molar-refractivity contribution < 1.29 is 9.53 Å². The molecule has 148 valence electrons. The van der Waals surface area contributed by atoms with E-state index in [0.717, 1.165) is 16.6 Å². The average molecular weight is 384 g/mol. The number of nitrogens with two attached hydrogens (primary N) is 2. The summed E-state index contributed by atoms with van der Waals surface area (Å²) in [7, 11) is 3.48. The largest absolute Gasteiger partial charge is 0.385 e. The zero-order chi connectivity index (χ0) is 20.1. The van der Waals surface area contributed by atoms with Gasteiger partial charge in [-0.3, -0.25) is 9.48 Å². The van der Waals surface area contributed by atoms with E-state index in [0.29, 0.717) is 31.3 Å². The quantitative estimate of drug-likeness (QED) is 0.427. The van der Waals surface area contributed by atoms with Crippen molar-refractivity contribution in [1.29, 1.82) is 0 Å². The lowest BCUT2D eigenvalue weighted by Crippen LogP contribution is -2.30. The molecular weight excluding hydrogens is 360 g/mol. The molecule has 0 aliphatic carbocycles. The SMILES string of the molecule is COCCC(N)CNc1ncc(C(N)=O)c(Nc2cccc3nn(C)cc23)n1. The van der Waals surface area contributed by atoms with E-state index in [9.17, 15) is 4.79 Å². The predicted molar refractivity (Wildman–Crippen MR) is 108 cm³/mol. The normalized spacial score (nSPS) is 12.1. The maximum atomic E-state index is 11.8. The first kappa shape index (κ1) is 19.5. The lowest BCUT2D eigenvalue weighted by atomic mass is 10.2. The van der Waals surface area contributed by atoms with Crippen LogP contribution in [0.25, 0.3) is 10.9 Å². The molecule has 1 atom stereocenters. The molecule has 1 unspecified atom stereocenters. The van der Waals surface area contributed by atoms with Gasteiger partial charge in [-0.15, -0.1) is 0 Å². The highest BCUT2D eigenvalue weighted by Crippen LogP contribution is 2.26. The average Bonchev–Trinajstić information content (AvgIpc) is 3.06. The molecule has 2 aromatic heterocycles. The molecule has 0 saturated heterocycles. The van der Waals surface area contributed by atoms with Gasteiger partial charge in [0, 0.05) is 51.1 Å². The Morgan fingerprint density at radius 2 is 2.21 bits per heavy atom. The minimum absolute atomic E-state index is 0.111. The molecule has 2 heterocycles. The first-order valence-corrected chi connectivity index (χ1v) is 8.82. The molecule has 6 N–H and O–H groups in total. The van der Waals surface area contributed by atoms with Crippen LogP contribution in [0.15, 0.2) is 30.6 Å². The molecule has 0 saturated carbocycles. The number of hydrogen-bond donors (Lipinski definition) is 4. The van der Waals surface area contributed by atoms with Crippen molar-refractivity contribution in [1.82, 2.24) is 19.7 Å². The number of amides is 1. The lowest BCUT2D eigenvalue weighted by molar-refractivity contribution is 0.100. The number of carbonyl (C=O) groups excluding carboxylic acids is 1. The fourth-order valence-electron chi connectivity index (χ4n) is 2.73. The number of benzene rings is 1. The van der Waals surface area contributed by atoms with Gasteiger partial charge in [-0.05, 0) is 18.6 Å². The maximum Gasteiger partial charge on any atom is 0.254 e. The highest BCUT2D eigenvalue weighted by atomic mass is 16.5. The van der Waals surface area contributed by atoms with E-state index in [4.69, 9.17) is 16.2 Å². The Labute approximate surface area is 162 Å². The van der Waals surface area contributed by atoms with Gasteiger partial charge in [0.05, 0.1) is 11.2 Å². The van der Waals surface area contributed by atoms with E-state index in [1.807, 2.05) is 31.4 Å². The molecule has 3 aromatic rings. The smallest absolute Gasteiger partial charge is 0.254 e. The summed E-state index contributed by atoms with van der Waals surface area (Å²) in [6, 6.07) is 5.55. The number of anilines is 3. The van der Waals surface area contributed by atoms with Crippen molar-refractivity contribution in [3.63, 3.8) is 0 Å². The number of hydrogen-bond acceptors (Lipinski definition) is 8. The highest BCUT2D eigenvalue weighted by molar-refractivity contribution is 6.00. The van der Waals surface area contributed by atoms with Crippen LogP contribution < -0.4 is 22.1 Å². The van der Waals surface area contributed by atoms with Crippen LogP contribution in [-0.4, -0.2) is 52.0 Å². The van der Waals surface area contributed by atoms with E-state index in [1.54, 1.807) is 11.8 Å². The minimum Gasteiger partial charge on any atom is -0.385 e. The number of carbonyl (C=O) groups is 1. The molecular formula is C18H24N8O2. The number of nitrogens with zero attached hydrogens (tertiary/aromatic N) is 4. The number of aromatic nitrogens is 4. The number of aryl methyl sites for hydroxylation is 1. The molecule has 28 heavy (non-hydrogen) atoms. The third kappa shape index (κ3) is 4.53. The van der Waals surface area contributed by atoms with Crippen LogP contribution >= 0.6 is 0 Å². The third-order valence-electron chi connectivity index (χ3n) is 4.19. The van der Waals surface area contributed by atoms with Crippen LogP contribution in [-0.2, 0) is 11.8 Å². The second kappa shape index (κ2) is 8.63. The van der Waals surface area contributed by atoms with Gasteiger partial charge in [-0.2, -0.15) is 10.1 Å².